The number of rotatable bonds is 4. The fraction of sp³-hybridized carbons (Fsp3) is 0.375. The number of urea groups is 1. The van der Waals surface area contributed by atoms with Crippen molar-refractivity contribution >= 4 is 23.7 Å². The molecular weight excluding hydrogens is 300 g/mol. The topological polar surface area (TPSA) is 104 Å². The number of likely N-dealkylation sites (tertiary alicyclic amines) is 1. The molecule has 1 saturated heterocycles. The number of carboxylic acids is 1. The summed E-state index contributed by atoms with van der Waals surface area (Å²) in [6, 6.07) is 6.01. The number of nitrogens with zero attached hydrogens (tertiary/aromatic N) is 1. The number of aliphatic carboxylic acids is 1. The van der Waals surface area contributed by atoms with E-state index in [0.29, 0.717) is 18.4 Å². The van der Waals surface area contributed by atoms with Crippen LogP contribution in [-0.2, 0) is 14.4 Å². The molecule has 3 amide bonds. The Morgan fingerprint density at radius 3 is 2.52 bits per heavy atom. The molecule has 0 saturated carbocycles. The molecule has 7 nitrogen and oxygen atoms in total. The van der Waals surface area contributed by atoms with Crippen LogP contribution >= 0.6 is 0 Å². The molecule has 0 radical (unpaired) electrons. The van der Waals surface area contributed by atoms with Crippen molar-refractivity contribution in [1.82, 2.24) is 10.2 Å². The first-order valence-corrected chi connectivity index (χ1v) is 7.39. The molecule has 0 aromatic heterocycles. The largest absolute Gasteiger partial charge is 0.479 e. The van der Waals surface area contributed by atoms with Crippen LogP contribution in [0.3, 0.4) is 0 Å². The normalized spacial score (nSPS) is 19.3. The van der Waals surface area contributed by atoms with Gasteiger partial charge in [0.25, 0.3) is 5.91 Å². The third kappa shape index (κ3) is 3.56. The van der Waals surface area contributed by atoms with Crippen molar-refractivity contribution in [3.05, 3.63) is 35.9 Å². The summed E-state index contributed by atoms with van der Waals surface area (Å²) in [5.41, 5.74) is 0.385. The molecule has 1 heterocycles. The van der Waals surface area contributed by atoms with Crippen molar-refractivity contribution < 1.29 is 24.3 Å². The predicted octanol–water partition coefficient (Wildman–Crippen LogP) is 1.35. The highest BCUT2D eigenvalue weighted by atomic mass is 16.4. The van der Waals surface area contributed by atoms with Gasteiger partial charge in [0, 0.05) is 12.5 Å². The van der Waals surface area contributed by atoms with E-state index in [1.807, 2.05) is 0 Å². The molecule has 1 aromatic carbocycles. The second kappa shape index (κ2) is 7.04. The number of imide groups is 1. The number of hydrogen-bond donors (Lipinski definition) is 2. The zero-order valence-corrected chi connectivity index (χ0v) is 12.7. The molecule has 0 aliphatic carbocycles. The van der Waals surface area contributed by atoms with Crippen molar-refractivity contribution in [3.63, 3.8) is 0 Å². The Morgan fingerprint density at radius 1 is 1.30 bits per heavy atom. The lowest BCUT2D eigenvalue weighted by molar-refractivity contribution is -0.148. The second-order valence-electron chi connectivity index (χ2n) is 5.35. The number of carboxylic acid groups (broad SMARTS) is 1. The average molecular weight is 318 g/mol. The van der Waals surface area contributed by atoms with E-state index in [4.69, 9.17) is 0 Å². The molecule has 1 aliphatic heterocycles. The third-order valence-corrected chi connectivity index (χ3v) is 3.91. The molecule has 122 valence electrons. The first kappa shape index (κ1) is 16.7. The molecule has 1 unspecified atom stereocenters. The van der Waals surface area contributed by atoms with E-state index in [2.05, 4.69) is 5.32 Å². The fourth-order valence-electron chi connectivity index (χ4n) is 2.54. The highest BCUT2D eigenvalue weighted by Crippen LogP contribution is 2.19. The first-order valence-electron chi connectivity index (χ1n) is 7.39. The molecule has 2 N–H and O–H groups in total. The molecule has 2 rings (SSSR count). The Kier molecular flexibility index (Phi) is 5.10. The minimum absolute atomic E-state index is 0.107. The molecule has 7 heteroatoms. The van der Waals surface area contributed by atoms with Gasteiger partial charge in [-0.2, -0.15) is 0 Å². The lowest BCUT2D eigenvalue weighted by atomic mass is 9.92. The molecule has 0 bridgehead atoms. The quantitative estimate of drug-likeness (QED) is 0.816. The van der Waals surface area contributed by atoms with Crippen LogP contribution in [-0.4, -0.2) is 40.2 Å². The summed E-state index contributed by atoms with van der Waals surface area (Å²) in [7, 11) is 0. The molecule has 0 spiro atoms. The zero-order valence-electron chi connectivity index (χ0n) is 12.7. The van der Waals surface area contributed by atoms with Crippen LogP contribution in [0.2, 0.25) is 0 Å². The van der Waals surface area contributed by atoms with Crippen LogP contribution in [0.15, 0.2) is 30.3 Å². The van der Waals surface area contributed by atoms with Gasteiger partial charge in [-0.05, 0) is 18.4 Å². The summed E-state index contributed by atoms with van der Waals surface area (Å²) in [5, 5.41) is 11.6. The zero-order chi connectivity index (χ0) is 17.0. The van der Waals surface area contributed by atoms with E-state index in [9.17, 15) is 24.3 Å². The van der Waals surface area contributed by atoms with Crippen LogP contribution in [0.25, 0.3) is 0 Å². The summed E-state index contributed by atoms with van der Waals surface area (Å²) in [5.74, 6) is -3.08. The number of nitrogens with one attached hydrogen (secondary N) is 1. The smallest absolute Gasteiger partial charge is 0.330 e. The maximum absolute atomic E-state index is 12.2. The van der Waals surface area contributed by atoms with Gasteiger partial charge in [-0.25, -0.2) is 9.59 Å². The van der Waals surface area contributed by atoms with E-state index >= 15 is 0 Å². The number of amides is 3. The van der Waals surface area contributed by atoms with Gasteiger partial charge in [-0.15, -0.1) is 0 Å². The van der Waals surface area contributed by atoms with E-state index < -0.39 is 29.7 Å². The van der Waals surface area contributed by atoms with Crippen LogP contribution in [0, 0.1) is 5.92 Å². The summed E-state index contributed by atoms with van der Waals surface area (Å²) >= 11 is 0. The number of ketones is 1. The van der Waals surface area contributed by atoms with Gasteiger partial charge in [-0.3, -0.25) is 14.5 Å². The van der Waals surface area contributed by atoms with Gasteiger partial charge < -0.3 is 10.4 Å². The highest BCUT2D eigenvalue weighted by molar-refractivity contribution is 6.39. The lowest BCUT2D eigenvalue weighted by Crippen LogP contribution is -2.53. The standard InChI is InChI=1S/C16H18N2O5/c1-2-10-8-9-18(14(20)13(10)19)16(23)17-12(15(21)22)11-6-4-3-5-7-11/h3-7,10,12H,2,8-9H2,1H3,(H,17,23)(H,21,22)/t10?,12-/m1/s1. The Hall–Kier alpha value is -2.70. The molecule has 1 fully saturated rings. The van der Waals surface area contributed by atoms with Crippen LogP contribution in [0.5, 0.6) is 0 Å². The van der Waals surface area contributed by atoms with Crippen LogP contribution in [0.1, 0.15) is 31.4 Å². The number of carbonyl (C=O) groups is 4. The van der Waals surface area contributed by atoms with Crippen molar-refractivity contribution in [2.24, 2.45) is 5.92 Å². The van der Waals surface area contributed by atoms with Crippen molar-refractivity contribution in [1.29, 1.82) is 0 Å². The lowest BCUT2D eigenvalue weighted by Gasteiger charge is -2.29. The minimum atomic E-state index is -1.28. The number of hydrogen-bond acceptors (Lipinski definition) is 4. The number of carbonyl (C=O) groups excluding carboxylic acids is 3. The SMILES string of the molecule is CCC1CCN(C(=O)N[C@@H](C(=O)O)c2ccccc2)C(=O)C1=O. The van der Waals surface area contributed by atoms with Gasteiger partial charge in [0.05, 0.1) is 0 Å². The fourth-order valence-corrected chi connectivity index (χ4v) is 2.54. The van der Waals surface area contributed by atoms with Gasteiger partial charge in [0.2, 0.25) is 5.78 Å². The third-order valence-electron chi connectivity index (χ3n) is 3.91. The molecule has 1 aliphatic rings. The predicted molar refractivity (Wildman–Crippen MR) is 80.5 cm³/mol. The van der Waals surface area contributed by atoms with E-state index in [0.717, 1.165) is 4.90 Å². The van der Waals surface area contributed by atoms with Crippen molar-refractivity contribution in [3.8, 4) is 0 Å². The number of Topliss-reactive ketones (excluding diaryl/α,β-unsaturated/α-hetero) is 1. The maximum Gasteiger partial charge on any atom is 0.330 e. The maximum atomic E-state index is 12.2. The second-order valence-corrected chi connectivity index (χ2v) is 5.35. The number of benzene rings is 1. The average Bonchev–Trinajstić information content (AvgIpc) is 2.55. The van der Waals surface area contributed by atoms with Gasteiger partial charge in [-0.1, -0.05) is 37.3 Å². The summed E-state index contributed by atoms with van der Waals surface area (Å²) < 4.78 is 0. The summed E-state index contributed by atoms with van der Waals surface area (Å²) in [4.78, 5) is 48.2. The Labute approximate surface area is 133 Å². The molecule has 1 aromatic rings. The van der Waals surface area contributed by atoms with Gasteiger partial charge in [0.15, 0.2) is 6.04 Å². The van der Waals surface area contributed by atoms with E-state index in [1.54, 1.807) is 37.3 Å². The van der Waals surface area contributed by atoms with Crippen LogP contribution < -0.4 is 5.32 Å². The molecular formula is C16H18N2O5. The highest BCUT2D eigenvalue weighted by Gasteiger charge is 2.38. The monoisotopic (exact) mass is 318 g/mol. The van der Waals surface area contributed by atoms with E-state index in [1.165, 1.54) is 0 Å². The van der Waals surface area contributed by atoms with Gasteiger partial charge >= 0.3 is 12.0 Å². The Bertz CT molecular complexity index is 629. The molecule has 2 atom stereocenters. The minimum Gasteiger partial charge on any atom is -0.479 e. The summed E-state index contributed by atoms with van der Waals surface area (Å²) in [6.45, 7) is 1.91. The van der Waals surface area contributed by atoms with Gasteiger partial charge in [0.1, 0.15) is 0 Å². The first-order chi connectivity index (χ1) is 11.0. The Morgan fingerprint density at radius 2 is 1.96 bits per heavy atom. The van der Waals surface area contributed by atoms with E-state index in [-0.39, 0.29) is 12.5 Å². The Balaban J connectivity index is 2.12. The van der Waals surface area contributed by atoms with Crippen LogP contribution in [0.4, 0.5) is 4.79 Å². The van der Waals surface area contributed by atoms with Crippen molar-refractivity contribution in [2.45, 2.75) is 25.8 Å². The number of piperidine rings is 1. The summed E-state index contributed by atoms with van der Waals surface area (Å²) in [6.07, 6.45) is 0.944. The molecule has 23 heavy (non-hydrogen) atoms. The van der Waals surface area contributed by atoms with Crippen molar-refractivity contribution in [2.75, 3.05) is 6.54 Å².